The maximum absolute atomic E-state index is 12.6. The van der Waals surface area contributed by atoms with E-state index < -0.39 is 32.5 Å². The molecule has 0 amide bonds. The third-order valence-corrected chi connectivity index (χ3v) is 9.82. The zero-order valence-corrected chi connectivity index (χ0v) is 34.5. The van der Waals surface area contributed by atoms with Crippen molar-refractivity contribution in [3.05, 3.63) is 24.3 Å². The first-order valence-corrected chi connectivity index (χ1v) is 22.1. The lowest BCUT2D eigenvalue weighted by atomic mass is 10.0. The van der Waals surface area contributed by atoms with E-state index in [1.165, 1.54) is 128 Å². The van der Waals surface area contributed by atoms with Crippen LogP contribution in [-0.2, 0) is 32.7 Å². The Morgan fingerprint density at radius 3 is 1.61 bits per heavy atom. The van der Waals surface area contributed by atoms with Crippen molar-refractivity contribution in [2.24, 2.45) is 0 Å². The molecule has 0 saturated heterocycles. The standard InChI is InChI=1S/C41H78NO8P/c1-6-8-10-12-14-16-18-20-21-22-24-25-27-29-31-33-40(43)47-37-39(38-49-51(45,46)48-36-35-42(3,4)5)50-41(44)34-32-30-28-26-23-19-17-15-13-11-9-7-2/h27,29,31,33,39H,6-26,28,30,32,34-38H2,1-5H3/p+1/b29-27+,33-31+/t39-/m1/s1. The van der Waals surface area contributed by atoms with E-state index in [9.17, 15) is 19.0 Å². The van der Waals surface area contributed by atoms with Crippen molar-refractivity contribution in [3.63, 3.8) is 0 Å². The first-order valence-electron chi connectivity index (χ1n) is 20.6. The molecule has 0 aliphatic carbocycles. The monoisotopic (exact) mass is 745 g/mol. The Labute approximate surface area is 313 Å². The SMILES string of the molecule is CCCCCCCCCCCCC/C=C/C=C/C(=O)OC[C@H](COP(=O)(O)OCC[N+](C)(C)C)OC(=O)CCCCCCCCCCCCCC. The lowest BCUT2D eigenvalue weighted by Gasteiger charge is -2.24. The number of rotatable bonds is 37. The van der Waals surface area contributed by atoms with Crippen LogP contribution in [0.1, 0.15) is 174 Å². The number of allylic oxidation sites excluding steroid dienone is 3. The number of carbonyl (C=O) groups is 2. The van der Waals surface area contributed by atoms with Gasteiger partial charge >= 0.3 is 19.8 Å². The van der Waals surface area contributed by atoms with Crippen LogP contribution in [0.5, 0.6) is 0 Å². The molecule has 300 valence electrons. The molecule has 0 spiro atoms. The van der Waals surface area contributed by atoms with Crippen LogP contribution < -0.4 is 0 Å². The van der Waals surface area contributed by atoms with Crippen LogP contribution in [0.4, 0.5) is 0 Å². The summed E-state index contributed by atoms with van der Waals surface area (Å²) in [6.07, 6.45) is 35.7. The van der Waals surface area contributed by atoms with E-state index in [1.807, 2.05) is 33.3 Å². The van der Waals surface area contributed by atoms with E-state index in [1.54, 1.807) is 6.08 Å². The molecule has 0 aromatic rings. The highest BCUT2D eigenvalue weighted by Crippen LogP contribution is 2.43. The van der Waals surface area contributed by atoms with Crippen molar-refractivity contribution in [2.45, 2.75) is 180 Å². The van der Waals surface area contributed by atoms with Gasteiger partial charge in [-0.05, 0) is 19.3 Å². The molecule has 10 heteroatoms. The van der Waals surface area contributed by atoms with Gasteiger partial charge in [-0.2, -0.15) is 0 Å². The normalized spacial score (nSPS) is 13.9. The first-order chi connectivity index (χ1) is 24.5. The molecule has 51 heavy (non-hydrogen) atoms. The highest BCUT2D eigenvalue weighted by atomic mass is 31.2. The van der Waals surface area contributed by atoms with Crippen LogP contribution in [0.3, 0.4) is 0 Å². The Bertz CT molecular complexity index is 933. The smallest absolute Gasteiger partial charge is 0.458 e. The van der Waals surface area contributed by atoms with Crippen molar-refractivity contribution in [1.82, 2.24) is 0 Å². The van der Waals surface area contributed by atoms with E-state index in [4.69, 9.17) is 18.5 Å². The number of carbonyl (C=O) groups excluding carboxylic acids is 2. The minimum Gasteiger partial charge on any atom is -0.458 e. The van der Waals surface area contributed by atoms with Crippen molar-refractivity contribution < 1.29 is 42.1 Å². The van der Waals surface area contributed by atoms with E-state index >= 15 is 0 Å². The molecule has 1 N–H and O–H groups in total. The maximum atomic E-state index is 12.6. The van der Waals surface area contributed by atoms with Gasteiger partial charge in [0.2, 0.25) is 0 Å². The fourth-order valence-electron chi connectivity index (χ4n) is 5.57. The fraction of sp³-hybridized carbons (Fsp3) is 0.854. The molecule has 0 aliphatic heterocycles. The summed E-state index contributed by atoms with van der Waals surface area (Å²) in [5, 5.41) is 0. The van der Waals surface area contributed by atoms with Gasteiger partial charge in [-0.1, -0.05) is 167 Å². The second kappa shape index (κ2) is 34.3. The zero-order valence-electron chi connectivity index (χ0n) is 33.6. The molecule has 9 nitrogen and oxygen atoms in total. The number of likely N-dealkylation sites (N-methyl/N-ethyl adjacent to an activating group) is 1. The molecule has 0 aromatic carbocycles. The zero-order chi connectivity index (χ0) is 37.9. The van der Waals surface area contributed by atoms with Crippen molar-refractivity contribution in [3.8, 4) is 0 Å². The Hall–Kier alpha value is -1.51. The summed E-state index contributed by atoms with van der Waals surface area (Å²) in [5.41, 5.74) is 0. The van der Waals surface area contributed by atoms with Gasteiger partial charge in [-0.3, -0.25) is 13.8 Å². The summed E-state index contributed by atoms with van der Waals surface area (Å²) < 4.78 is 34.0. The number of unbranched alkanes of at least 4 members (excludes halogenated alkanes) is 22. The summed E-state index contributed by atoms with van der Waals surface area (Å²) in [5.74, 6) is -1.05. The van der Waals surface area contributed by atoms with Gasteiger partial charge in [-0.15, -0.1) is 0 Å². The molecule has 0 aromatic heterocycles. The van der Waals surface area contributed by atoms with Crippen LogP contribution in [0.2, 0.25) is 0 Å². The van der Waals surface area contributed by atoms with Crippen LogP contribution in [0.15, 0.2) is 24.3 Å². The van der Waals surface area contributed by atoms with Gasteiger partial charge in [0.25, 0.3) is 0 Å². The van der Waals surface area contributed by atoms with E-state index in [2.05, 4.69) is 13.8 Å². The summed E-state index contributed by atoms with van der Waals surface area (Å²) in [7, 11) is 1.44. The van der Waals surface area contributed by atoms with Crippen molar-refractivity contribution in [2.75, 3.05) is 47.5 Å². The quantitative estimate of drug-likeness (QED) is 0.0167. The molecule has 0 heterocycles. The van der Waals surface area contributed by atoms with Crippen molar-refractivity contribution >= 4 is 19.8 Å². The van der Waals surface area contributed by atoms with Gasteiger partial charge in [0.15, 0.2) is 6.10 Å². The van der Waals surface area contributed by atoms with Crippen LogP contribution >= 0.6 is 7.82 Å². The highest BCUT2D eigenvalue weighted by Gasteiger charge is 2.26. The number of esters is 2. The summed E-state index contributed by atoms with van der Waals surface area (Å²) in [4.78, 5) is 35.1. The molecule has 0 bridgehead atoms. The molecule has 0 saturated carbocycles. The predicted octanol–water partition coefficient (Wildman–Crippen LogP) is 11.2. The Balaban J connectivity index is 4.49. The van der Waals surface area contributed by atoms with Gasteiger partial charge < -0.3 is 18.9 Å². The Kier molecular flexibility index (Phi) is 33.3. The summed E-state index contributed by atoms with van der Waals surface area (Å²) >= 11 is 0. The first kappa shape index (κ1) is 49.5. The van der Waals surface area contributed by atoms with Gasteiger partial charge in [0, 0.05) is 12.5 Å². The number of phosphoric ester groups is 1. The highest BCUT2D eigenvalue weighted by molar-refractivity contribution is 7.47. The molecular formula is C41H79NO8P+. The number of phosphoric acid groups is 1. The van der Waals surface area contributed by atoms with Crippen LogP contribution in [0.25, 0.3) is 0 Å². The fourth-order valence-corrected chi connectivity index (χ4v) is 6.32. The Morgan fingerprint density at radius 1 is 0.647 bits per heavy atom. The minimum atomic E-state index is -4.38. The summed E-state index contributed by atoms with van der Waals surface area (Å²) in [6, 6.07) is 0. The average molecular weight is 745 g/mol. The summed E-state index contributed by atoms with van der Waals surface area (Å²) in [6.45, 7) is 4.29. The van der Waals surface area contributed by atoms with Gasteiger partial charge in [-0.25, -0.2) is 9.36 Å². The number of quaternary nitrogens is 1. The van der Waals surface area contributed by atoms with Crippen LogP contribution in [0, 0.1) is 0 Å². The number of hydrogen-bond donors (Lipinski definition) is 1. The lowest BCUT2D eigenvalue weighted by molar-refractivity contribution is -0.870. The lowest BCUT2D eigenvalue weighted by Crippen LogP contribution is -2.37. The number of ether oxygens (including phenoxy) is 2. The molecule has 0 aliphatic rings. The predicted molar refractivity (Wildman–Crippen MR) is 211 cm³/mol. The van der Waals surface area contributed by atoms with Gasteiger partial charge in [0.1, 0.15) is 19.8 Å². The van der Waals surface area contributed by atoms with Crippen LogP contribution in [-0.4, -0.2) is 74.9 Å². The largest absolute Gasteiger partial charge is 0.472 e. The minimum absolute atomic E-state index is 0.0211. The topological polar surface area (TPSA) is 108 Å². The number of hydrogen-bond acceptors (Lipinski definition) is 7. The van der Waals surface area contributed by atoms with E-state index in [0.29, 0.717) is 17.4 Å². The Morgan fingerprint density at radius 2 is 1.12 bits per heavy atom. The van der Waals surface area contributed by atoms with Gasteiger partial charge in [0.05, 0.1) is 27.7 Å². The molecule has 0 rings (SSSR count). The second-order valence-electron chi connectivity index (χ2n) is 15.1. The molecular weight excluding hydrogens is 665 g/mol. The third kappa shape index (κ3) is 38.0. The molecule has 2 atom stereocenters. The molecule has 1 unspecified atom stereocenters. The molecule has 0 fully saturated rings. The van der Waals surface area contributed by atoms with E-state index in [-0.39, 0.29) is 19.6 Å². The second-order valence-corrected chi connectivity index (χ2v) is 16.6. The molecule has 0 radical (unpaired) electrons. The maximum Gasteiger partial charge on any atom is 0.472 e. The van der Waals surface area contributed by atoms with E-state index in [0.717, 1.165) is 25.7 Å². The average Bonchev–Trinajstić information content (AvgIpc) is 3.07. The third-order valence-electron chi connectivity index (χ3n) is 8.84. The number of nitrogens with zero attached hydrogens (tertiary/aromatic N) is 1. The van der Waals surface area contributed by atoms with Crippen molar-refractivity contribution in [1.29, 1.82) is 0 Å².